The number of sulfonamides is 1. The van der Waals surface area contributed by atoms with Gasteiger partial charge in [-0.15, -0.1) is 0 Å². The maximum Gasteiger partial charge on any atom is 0.243 e. The highest BCUT2D eigenvalue weighted by molar-refractivity contribution is 7.92. The Kier molecular flexibility index (Phi) is 12.0. The van der Waals surface area contributed by atoms with Crippen molar-refractivity contribution in [3.8, 4) is 5.75 Å². The van der Waals surface area contributed by atoms with Crippen LogP contribution in [0.2, 0.25) is 15.1 Å². The molecule has 0 bridgehead atoms. The molecule has 0 spiro atoms. The number of halogens is 3. The molecule has 0 saturated heterocycles. The number of benzene rings is 2. The number of amides is 2. The molecule has 0 aliphatic rings. The first-order chi connectivity index (χ1) is 17.8. The Morgan fingerprint density at radius 2 is 1.68 bits per heavy atom. The summed E-state index contributed by atoms with van der Waals surface area (Å²) in [4.78, 5) is 28.0. The van der Waals surface area contributed by atoms with Crippen LogP contribution >= 0.6 is 34.8 Å². The topological polar surface area (TPSA) is 96.0 Å². The van der Waals surface area contributed by atoms with E-state index in [0.29, 0.717) is 33.5 Å². The van der Waals surface area contributed by atoms with E-state index >= 15 is 0 Å². The Balaban J connectivity index is 2.29. The molecule has 1 N–H and O–H groups in total. The fraction of sp³-hybridized carbons (Fsp3) is 0.462. The number of nitrogens with one attached hydrogen (secondary N) is 1. The highest BCUT2D eigenvalue weighted by Crippen LogP contribution is 2.31. The second kappa shape index (κ2) is 14.3. The molecule has 2 amide bonds. The lowest BCUT2D eigenvalue weighted by Gasteiger charge is -2.32. The second-order valence-corrected chi connectivity index (χ2v) is 12.2. The summed E-state index contributed by atoms with van der Waals surface area (Å²) in [6, 6.07) is 8.83. The monoisotopic (exact) mass is 605 g/mol. The molecule has 210 valence electrons. The van der Waals surface area contributed by atoms with Crippen LogP contribution in [-0.4, -0.2) is 57.1 Å². The zero-order valence-electron chi connectivity index (χ0n) is 22.1. The summed E-state index contributed by atoms with van der Waals surface area (Å²) in [5, 5.41) is 3.90. The lowest BCUT2D eigenvalue weighted by Crippen LogP contribution is -2.50. The molecule has 2 rings (SSSR count). The minimum absolute atomic E-state index is 0.0105. The van der Waals surface area contributed by atoms with E-state index in [9.17, 15) is 18.0 Å². The SMILES string of the molecule is CCC(C(=O)NC(C)C)N(Cc1c(Cl)cccc1Cl)C(=O)CCCN(c1ccc(OC)c(Cl)c1)S(C)(=O)=O. The average Bonchev–Trinajstić information content (AvgIpc) is 2.82. The van der Waals surface area contributed by atoms with Gasteiger partial charge in [-0.05, 0) is 57.0 Å². The molecule has 1 unspecified atom stereocenters. The van der Waals surface area contributed by atoms with Gasteiger partial charge < -0.3 is 15.0 Å². The largest absolute Gasteiger partial charge is 0.495 e. The zero-order valence-corrected chi connectivity index (χ0v) is 25.2. The lowest BCUT2D eigenvalue weighted by molar-refractivity contribution is -0.141. The molecule has 0 heterocycles. The standard InChI is InChI=1S/C26H34Cl3N3O5S/c1-6-23(26(34)30-17(2)3)31(16-19-20(27)9-7-10-21(19)28)25(33)11-8-14-32(38(5,35)36)18-12-13-24(37-4)22(29)15-18/h7,9-10,12-13,15,17,23H,6,8,11,14,16H2,1-5H3,(H,30,34). The van der Waals surface area contributed by atoms with Gasteiger partial charge in [0.15, 0.2) is 0 Å². The van der Waals surface area contributed by atoms with Crippen molar-refractivity contribution in [1.82, 2.24) is 10.2 Å². The van der Waals surface area contributed by atoms with Gasteiger partial charge in [0.2, 0.25) is 21.8 Å². The third-order valence-electron chi connectivity index (χ3n) is 5.78. The molecule has 0 aromatic heterocycles. The normalized spacial score (nSPS) is 12.2. The first-order valence-electron chi connectivity index (χ1n) is 12.1. The molecule has 0 fully saturated rings. The van der Waals surface area contributed by atoms with Crippen molar-refractivity contribution in [2.24, 2.45) is 0 Å². The summed E-state index contributed by atoms with van der Waals surface area (Å²) >= 11 is 18.9. The van der Waals surface area contributed by atoms with Crippen molar-refractivity contribution in [2.45, 2.75) is 58.7 Å². The summed E-state index contributed by atoms with van der Waals surface area (Å²) in [5.41, 5.74) is 0.888. The zero-order chi connectivity index (χ0) is 28.6. The molecule has 12 heteroatoms. The summed E-state index contributed by atoms with van der Waals surface area (Å²) in [6.45, 7) is 5.56. The van der Waals surface area contributed by atoms with Crippen molar-refractivity contribution < 1.29 is 22.7 Å². The fourth-order valence-electron chi connectivity index (χ4n) is 3.97. The first kappa shape index (κ1) is 32.0. The van der Waals surface area contributed by atoms with Crippen molar-refractivity contribution in [3.63, 3.8) is 0 Å². The summed E-state index contributed by atoms with van der Waals surface area (Å²) in [6.07, 6.45) is 1.64. The average molecular weight is 607 g/mol. The van der Waals surface area contributed by atoms with E-state index in [0.717, 1.165) is 6.26 Å². The van der Waals surface area contributed by atoms with Gasteiger partial charge in [0, 0.05) is 41.2 Å². The van der Waals surface area contributed by atoms with Crippen LogP contribution in [0, 0.1) is 0 Å². The van der Waals surface area contributed by atoms with E-state index < -0.39 is 16.1 Å². The van der Waals surface area contributed by atoms with Crippen molar-refractivity contribution >= 4 is 62.3 Å². The number of carbonyl (C=O) groups excluding carboxylic acids is 2. The van der Waals surface area contributed by atoms with Gasteiger partial charge in [-0.3, -0.25) is 13.9 Å². The van der Waals surface area contributed by atoms with Crippen LogP contribution in [0.5, 0.6) is 5.75 Å². The number of ether oxygens (including phenoxy) is 1. The molecule has 2 aromatic rings. The third kappa shape index (κ3) is 8.66. The molecular weight excluding hydrogens is 573 g/mol. The smallest absolute Gasteiger partial charge is 0.243 e. The molecule has 0 aliphatic carbocycles. The molecular formula is C26H34Cl3N3O5S. The summed E-state index contributed by atoms with van der Waals surface area (Å²) in [5.74, 6) is -0.198. The predicted octanol–water partition coefficient (Wildman–Crippen LogP) is 5.53. The minimum atomic E-state index is -3.67. The van der Waals surface area contributed by atoms with Crippen LogP contribution in [0.25, 0.3) is 0 Å². The molecule has 0 saturated carbocycles. The fourth-order valence-corrected chi connectivity index (χ4v) is 5.69. The maximum atomic E-state index is 13.5. The Morgan fingerprint density at radius 3 is 2.18 bits per heavy atom. The number of rotatable bonds is 13. The Hall–Kier alpha value is -2.20. The molecule has 2 aromatic carbocycles. The van der Waals surface area contributed by atoms with E-state index in [1.54, 1.807) is 30.3 Å². The summed E-state index contributed by atoms with van der Waals surface area (Å²) < 4.78 is 31.4. The van der Waals surface area contributed by atoms with Gasteiger partial charge in [-0.25, -0.2) is 8.42 Å². The molecule has 38 heavy (non-hydrogen) atoms. The van der Waals surface area contributed by atoms with Gasteiger partial charge in [0.1, 0.15) is 11.8 Å². The lowest BCUT2D eigenvalue weighted by atomic mass is 10.1. The van der Waals surface area contributed by atoms with Crippen LogP contribution < -0.4 is 14.4 Å². The predicted molar refractivity (Wildman–Crippen MR) is 154 cm³/mol. The number of hydrogen-bond donors (Lipinski definition) is 1. The van der Waals surface area contributed by atoms with E-state index in [1.165, 1.54) is 22.4 Å². The van der Waals surface area contributed by atoms with Crippen LogP contribution in [0.3, 0.4) is 0 Å². The molecule has 0 radical (unpaired) electrons. The number of hydrogen-bond acceptors (Lipinski definition) is 5. The number of carbonyl (C=O) groups is 2. The third-order valence-corrected chi connectivity index (χ3v) is 7.98. The number of anilines is 1. The Labute approximate surface area is 240 Å². The Morgan fingerprint density at radius 1 is 1.05 bits per heavy atom. The van der Waals surface area contributed by atoms with Crippen LogP contribution in [0.4, 0.5) is 5.69 Å². The first-order valence-corrected chi connectivity index (χ1v) is 15.1. The van der Waals surface area contributed by atoms with Gasteiger partial charge in [-0.2, -0.15) is 0 Å². The van der Waals surface area contributed by atoms with Crippen molar-refractivity contribution in [2.75, 3.05) is 24.2 Å². The van der Waals surface area contributed by atoms with Gasteiger partial charge >= 0.3 is 0 Å². The van der Waals surface area contributed by atoms with E-state index in [4.69, 9.17) is 39.5 Å². The minimum Gasteiger partial charge on any atom is -0.495 e. The summed E-state index contributed by atoms with van der Waals surface area (Å²) in [7, 11) is -2.20. The van der Waals surface area contributed by atoms with Gasteiger partial charge in [-0.1, -0.05) is 47.8 Å². The van der Waals surface area contributed by atoms with E-state index in [2.05, 4.69) is 5.32 Å². The Bertz CT molecular complexity index is 1220. The molecule has 8 nitrogen and oxygen atoms in total. The van der Waals surface area contributed by atoms with Crippen LogP contribution in [0.1, 0.15) is 45.6 Å². The van der Waals surface area contributed by atoms with E-state index in [-0.39, 0.29) is 48.8 Å². The number of methoxy groups -OCH3 is 1. The number of nitrogens with zero attached hydrogens (tertiary/aromatic N) is 2. The van der Waals surface area contributed by atoms with Gasteiger partial charge in [0.25, 0.3) is 0 Å². The van der Waals surface area contributed by atoms with E-state index in [1.807, 2.05) is 20.8 Å². The quantitative estimate of drug-likeness (QED) is 0.323. The van der Waals surface area contributed by atoms with Crippen molar-refractivity contribution in [3.05, 3.63) is 57.0 Å². The van der Waals surface area contributed by atoms with Crippen molar-refractivity contribution in [1.29, 1.82) is 0 Å². The van der Waals surface area contributed by atoms with Crippen LogP contribution in [-0.2, 0) is 26.2 Å². The maximum absolute atomic E-state index is 13.5. The highest BCUT2D eigenvalue weighted by Gasteiger charge is 2.30. The highest BCUT2D eigenvalue weighted by atomic mass is 35.5. The van der Waals surface area contributed by atoms with Gasteiger partial charge in [0.05, 0.1) is 24.1 Å². The second-order valence-electron chi connectivity index (χ2n) is 9.07. The van der Waals surface area contributed by atoms with Crippen LogP contribution in [0.15, 0.2) is 36.4 Å². The molecule has 0 aliphatic heterocycles. The molecule has 1 atom stereocenters.